The first-order valence-electron chi connectivity index (χ1n) is 11.3. The molecule has 4 unspecified atom stereocenters. The van der Waals surface area contributed by atoms with Crippen LogP contribution in [-0.2, 0) is 24.0 Å². The Labute approximate surface area is 181 Å². The summed E-state index contributed by atoms with van der Waals surface area (Å²) in [4.78, 5) is 16.4. The summed E-state index contributed by atoms with van der Waals surface area (Å²) in [6.45, 7) is 5.53. The maximum atomic E-state index is 10.5. The van der Waals surface area contributed by atoms with Crippen LogP contribution in [0.5, 0.6) is 0 Å². The van der Waals surface area contributed by atoms with E-state index in [4.69, 9.17) is 24.0 Å². The summed E-state index contributed by atoms with van der Waals surface area (Å²) in [6, 6.07) is -1.15. The van der Waals surface area contributed by atoms with Crippen LogP contribution in [0.1, 0.15) is 46.5 Å². The Bertz CT molecular complexity index is 736. The van der Waals surface area contributed by atoms with Crippen molar-refractivity contribution in [2.45, 2.75) is 94.8 Å². The van der Waals surface area contributed by atoms with Crippen molar-refractivity contribution in [2.24, 2.45) is 28.7 Å². The zero-order chi connectivity index (χ0) is 22.1. The third-order valence-electron chi connectivity index (χ3n) is 8.14. The lowest BCUT2D eigenvalue weighted by atomic mass is 9.58. The van der Waals surface area contributed by atoms with Crippen LogP contribution in [-0.4, -0.2) is 81.3 Å². The van der Waals surface area contributed by atoms with E-state index < -0.39 is 54.9 Å². The predicted octanol–water partition coefficient (Wildman–Crippen LogP) is 0.0667. The maximum Gasteiger partial charge on any atom is 0.237 e. The van der Waals surface area contributed by atoms with E-state index in [2.05, 4.69) is 11.9 Å². The van der Waals surface area contributed by atoms with Gasteiger partial charge in [-0.15, -0.1) is 0 Å². The molecule has 1 aliphatic carbocycles. The average Bonchev–Trinajstić information content (AvgIpc) is 2.97. The highest BCUT2D eigenvalue weighted by Gasteiger charge is 2.69. The fraction of sp³-hybridized carbons (Fsp3) is 0.952. The molecule has 0 amide bonds. The molecule has 5 saturated heterocycles. The maximum absolute atomic E-state index is 10.5. The standard InChI is InChI=1S/C21H33NO9/c1-9-4-5-12-10(2)17(22-14-16(25)15(24)13(8-23)27-18(14)26)28-19-21(12)11(9)6-7-20(3,29-19)30-31-21/h9-16,18-19,23-26H,4-8H2,1-3H3/b22-17+/t9-,10-,11?,12?,13+,14?,15+,16+,18-,19-,20+,21?/m1/s1. The Hall–Kier alpha value is -0.850. The molecule has 5 heterocycles. The lowest BCUT2D eigenvalue weighted by Crippen LogP contribution is -2.70. The van der Waals surface area contributed by atoms with Crippen molar-refractivity contribution in [3.05, 3.63) is 0 Å². The van der Waals surface area contributed by atoms with Crippen LogP contribution in [0.25, 0.3) is 0 Å². The van der Waals surface area contributed by atoms with Crippen molar-refractivity contribution in [1.29, 1.82) is 0 Å². The van der Waals surface area contributed by atoms with Crippen LogP contribution in [0.2, 0.25) is 0 Å². The van der Waals surface area contributed by atoms with Crippen molar-refractivity contribution < 1.29 is 44.4 Å². The van der Waals surface area contributed by atoms with E-state index in [0.717, 1.165) is 19.3 Å². The van der Waals surface area contributed by atoms with Gasteiger partial charge in [-0.2, -0.15) is 0 Å². The molecule has 4 N–H and O–H groups in total. The monoisotopic (exact) mass is 443 g/mol. The quantitative estimate of drug-likeness (QED) is 0.437. The zero-order valence-corrected chi connectivity index (χ0v) is 18.1. The van der Waals surface area contributed by atoms with Gasteiger partial charge >= 0.3 is 0 Å². The molecule has 6 rings (SSSR count). The molecule has 1 spiro atoms. The normalized spacial score (nSPS) is 57.8. The van der Waals surface area contributed by atoms with Gasteiger partial charge < -0.3 is 34.6 Å². The molecule has 2 bridgehead atoms. The Morgan fingerprint density at radius 3 is 2.55 bits per heavy atom. The van der Waals surface area contributed by atoms with Gasteiger partial charge in [0.25, 0.3) is 0 Å². The predicted molar refractivity (Wildman–Crippen MR) is 104 cm³/mol. The summed E-state index contributed by atoms with van der Waals surface area (Å²) in [7, 11) is 0. The first-order valence-corrected chi connectivity index (χ1v) is 11.3. The van der Waals surface area contributed by atoms with E-state index in [1.165, 1.54) is 0 Å². The van der Waals surface area contributed by atoms with Crippen LogP contribution >= 0.6 is 0 Å². The molecule has 5 aliphatic heterocycles. The number of nitrogens with zero attached hydrogens (tertiary/aromatic N) is 1. The zero-order valence-electron chi connectivity index (χ0n) is 18.1. The minimum absolute atomic E-state index is 0.0164. The second kappa shape index (κ2) is 7.59. The van der Waals surface area contributed by atoms with Gasteiger partial charge in [-0.05, 0) is 32.1 Å². The third kappa shape index (κ3) is 3.18. The number of aliphatic imine (C=N–C) groups is 1. The number of hydrogen-bond acceptors (Lipinski definition) is 10. The molecule has 1 saturated carbocycles. The molecule has 0 aromatic heterocycles. The van der Waals surface area contributed by atoms with E-state index in [9.17, 15) is 20.4 Å². The molecule has 176 valence electrons. The fourth-order valence-electron chi connectivity index (χ4n) is 6.29. The summed E-state index contributed by atoms with van der Waals surface area (Å²) in [5.74, 6) is -0.112. The van der Waals surface area contributed by atoms with Gasteiger partial charge in [-0.1, -0.05) is 13.8 Å². The smallest absolute Gasteiger partial charge is 0.237 e. The van der Waals surface area contributed by atoms with Gasteiger partial charge in [0, 0.05) is 24.2 Å². The number of aliphatic hydroxyl groups is 4. The molecule has 10 nitrogen and oxygen atoms in total. The van der Waals surface area contributed by atoms with Crippen molar-refractivity contribution >= 4 is 5.90 Å². The van der Waals surface area contributed by atoms with Crippen molar-refractivity contribution in [3.8, 4) is 0 Å². The number of rotatable bonds is 2. The Morgan fingerprint density at radius 2 is 1.81 bits per heavy atom. The molecule has 0 aromatic carbocycles. The van der Waals surface area contributed by atoms with Crippen LogP contribution in [0.15, 0.2) is 4.99 Å². The topological polar surface area (TPSA) is 139 Å². The van der Waals surface area contributed by atoms with E-state index in [-0.39, 0.29) is 17.8 Å². The number of ether oxygens (including phenoxy) is 3. The summed E-state index contributed by atoms with van der Waals surface area (Å²) in [6.07, 6.45) is -2.57. The van der Waals surface area contributed by atoms with Gasteiger partial charge in [-0.3, -0.25) is 0 Å². The number of hydrogen-bond donors (Lipinski definition) is 4. The second-order valence-electron chi connectivity index (χ2n) is 10.0. The number of fused-ring (bicyclic) bond motifs is 2. The first-order chi connectivity index (χ1) is 14.7. The molecule has 31 heavy (non-hydrogen) atoms. The highest BCUT2D eigenvalue weighted by molar-refractivity contribution is 5.80. The molecule has 0 radical (unpaired) electrons. The summed E-state index contributed by atoms with van der Waals surface area (Å²) >= 11 is 0. The lowest BCUT2D eigenvalue weighted by Gasteiger charge is -2.58. The molecule has 10 heteroatoms. The highest BCUT2D eigenvalue weighted by atomic mass is 17.3. The van der Waals surface area contributed by atoms with Crippen LogP contribution in [0, 0.1) is 23.7 Å². The average molecular weight is 443 g/mol. The summed E-state index contributed by atoms with van der Waals surface area (Å²) in [5, 5.41) is 40.4. The van der Waals surface area contributed by atoms with Crippen molar-refractivity contribution in [2.75, 3.05) is 6.61 Å². The second-order valence-corrected chi connectivity index (χ2v) is 10.0. The van der Waals surface area contributed by atoms with E-state index in [0.29, 0.717) is 18.2 Å². The highest BCUT2D eigenvalue weighted by Crippen LogP contribution is 2.59. The summed E-state index contributed by atoms with van der Waals surface area (Å²) < 4.78 is 17.8. The van der Waals surface area contributed by atoms with Crippen molar-refractivity contribution in [1.82, 2.24) is 0 Å². The first kappa shape index (κ1) is 22.0. The molecule has 6 fully saturated rings. The largest absolute Gasteiger partial charge is 0.448 e. The molecular formula is C21H33NO9. The Morgan fingerprint density at radius 1 is 1.03 bits per heavy atom. The minimum Gasteiger partial charge on any atom is -0.448 e. The van der Waals surface area contributed by atoms with Gasteiger partial charge in [0.1, 0.15) is 24.4 Å². The fourth-order valence-corrected chi connectivity index (χ4v) is 6.29. The van der Waals surface area contributed by atoms with Crippen molar-refractivity contribution in [3.63, 3.8) is 0 Å². The van der Waals surface area contributed by atoms with E-state index >= 15 is 0 Å². The third-order valence-corrected chi connectivity index (χ3v) is 8.14. The number of aliphatic hydroxyl groups excluding tert-OH is 4. The molecule has 0 aromatic rings. The van der Waals surface area contributed by atoms with E-state index in [1.807, 2.05) is 13.8 Å². The van der Waals surface area contributed by atoms with E-state index in [1.54, 1.807) is 0 Å². The molecule has 12 atom stereocenters. The van der Waals surface area contributed by atoms with Gasteiger partial charge in [0.05, 0.1) is 6.61 Å². The van der Waals surface area contributed by atoms with Crippen LogP contribution < -0.4 is 0 Å². The molecule has 6 aliphatic rings. The Balaban J connectivity index is 1.49. The van der Waals surface area contributed by atoms with Gasteiger partial charge in [-0.25, -0.2) is 14.8 Å². The van der Waals surface area contributed by atoms with Crippen LogP contribution in [0.3, 0.4) is 0 Å². The van der Waals surface area contributed by atoms with Crippen LogP contribution in [0.4, 0.5) is 0 Å². The molecular weight excluding hydrogens is 410 g/mol. The lowest BCUT2D eigenvalue weighted by molar-refractivity contribution is -0.557. The summed E-state index contributed by atoms with van der Waals surface area (Å²) in [5.41, 5.74) is -0.742. The van der Waals surface area contributed by atoms with Gasteiger partial charge in [0.15, 0.2) is 17.8 Å². The van der Waals surface area contributed by atoms with Gasteiger partial charge in [0.2, 0.25) is 12.1 Å². The Kier molecular flexibility index (Phi) is 5.38. The minimum atomic E-state index is -1.49. The SMILES string of the molecule is C[C@@H]1CCC2[C@@H](C)/C(=N\C3[C@H](O)O[C@@H](CO)[C@H](O)[C@H]3O)O[C@@H]3O[C@]4(C)CCC1C23OO4.